The fourth-order valence-electron chi connectivity index (χ4n) is 1.40. The number of hydrogen-bond donors (Lipinski definition) is 1. The van der Waals surface area contributed by atoms with Gasteiger partial charge in [-0.15, -0.1) is 11.3 Å². The summed E-state index contributed by atoms with van der Waals surface area (Å²) in [6.07, 6.45) is 1.06. The molecule has 0 aliphatic rings. The minimum Gasteiger partial charge on any atom is -0.480 e. The number of carboxylic acid groups (broad SMARTS) is 1. The molecule has 4 nitrogen and oxygen atoms in total. The Bertz CT molecular complexity index is 348. The Balaban J connectivity index is 2.56. The number of aliphatic carboxylic acids is 1. The second-order valence-electron chi connectivity index (χ2n) is 3.47. The van der Waals surface area contributed by atoms with E-state index in [0.717, 1.165) is 11.3 Å². The van der Waals surface area contributed by atoms with Crippen LogP contribution in [0.4, 0.5) is 0 Å². The maximum absolute atomic E-state index is 11.8. The van der Waals surface area contributed by atoms with Crippen molar-refractivity contribution in [3.8, 4) is 0 Å². The second-order valence-corrected chi connectivity index (χ2v) is 4.50. The highest BCUT2D eigenvalue weighted by Crippen LogP contribution is 2.10. The van der Waals surface area contributed by atoms with Gasteiger partial charge in [-0.25, -0.2) is 0 Å². The van der Waals surface area contributed by atoms with Crippen LogP contribution in [0.1, 0.15) is 18.2 Å². The number of carbonyl (C=O) groups is 2. The molecule has 1 N–H and O–H groups in total. The molecular formula is C11H15NO3S. The Kier molecular flexibility index (Phi) is 4.98. The SMILES string of the molecule is CCCN(CC(=O)O)C(=O)Cc1cccs1. The van der Waals surface area contributed by atoms with Crippen molar-refractivity contribution < 1.29 is 14.7 Å². The summed E-state index contributed by atoms with van der Waals surface area (Å²) in [4.78, 5) is 24.8. The van der Waals surface area contributed by atoms with Gasteiger partial charge in [-0.2, -0.15) is 0 Å². The van der Waals surface area contributed by atoms with Gasteiger partial charge in [0, 0.05) is 11.4 Å². The van der Waals surface area contributed by atoms with E-state index in [1.54, 1.807) is 0 Å². The number of carbonyl (C=O) groups excluding carboxylic acids is 1. The minimum atomic E-state index is -0.965. The minimum absolute atomic E-state index is 0.119. The monoisotopic (exact) mass is 241 g/mol. The van der Waals surface area contributed by atoms with Crippen LogP contribution in [0.2, 0.25) is 0 Å². The van der Waals surface area contributed by atoms with Crippen LogP contribution in [0.3, 0.4) is 0 Å². The van der Waals surface area contributed by atoms with Crippen molar-refractivity contribution in [1.29, 1.82) is 0 Å². The zero-order valence-corrected chi connectivity index (χ0v) is 10.00. The fraction of sp³-hybridized carbons (Fsp3) is 0.455. The molecule has 5 heteroatoms. The third-order valence-corrected chi connectivity index (χ3v) is 2.95. The zero-order chi connectivity index (χ0) is 12.0. The molecule has 0 fully saturated rings. The molecule has 1 aromatic rings. The van der Waals surface area contributed by atoms with E-state index < -0.39 is 5.97 Å². The van der Waals surface area contributed by atoms with Crippen LogP contribution in [0, 0.1) is 0 Å². The highest BCUT2D eigenvalue weighted by atomic mass is 32.1. The molecule has 1 rings (SSSR count). The van der Waals surface area contributed by atoms with E-state index >= 15 is 0 Å². The molecular weight excluding hydrogens is 226 g/mol. The average molecular weight is 241 g/mol. The molecule has 1 amide bonds. The van der Waals surface area contributed by atoms with Crippen LogP contribution in [0.5, 0.6) is 0 Å². The van der Waals surface area contributed by atoms with E-state index in [1.165, 1.54) is 16.2 Å². The lowest BCUT2D eigenvalue weighted by molar-refractivity contribution is -0.144. The van der Waals surface area contributed by atoms with Gasteiger partial charge in [0.25, 0.3) is 0 Å². The summed E-state index contributed by atoms with van der Waals surface area (Å²) >= 11 is 1.51. The number of rotatable bonds is 6. The highest BCUT2D eigenvalue weighted by Gasteiger charge is 2.16. The fourth-order valence-corrected chi connectivity index (χ4v) is 2.10. The van der Waals surface area contributed by atoms with Gasteiger partial charge in [-0.3, -0.25) is 9.59 Å². The summed E-state index contributed by atoms with van der Waals surface area (Å²) in [5.74, 6) is -1.08. The lowest BCUT2D eigenvalue weighted by Crippen LogP contribution is -2.37. The van der Waals surface area contributed by atoms with Gasteiger partial charge in [0.2, 0.25) is 5.91 Å². The van der Waals surface area contributed by atoms with Crippen molar-refractivity contribution in [2.45, 2.75) is 19.8 Å². The maximum Gasteiger partial charge on any atom is 0.323 e. The summed E-state index contributed by atoms with van der Waals surface area (Å²) in [5, 5.41) is 10.6. The quantitative estimate of drug-likeness (QED) is 0.823. The standard InChI is InChI=1S/C11H15NO3S/c1-2-5-12(8-11(14)15)10(13)7-9-4-3-6-16-9/h3-4,6H,2,5,7-8H2,1H3,(H,14,15). The molecule has 0 unspecified atom stereocenters. The van der Waals surface area contributed by atoms with Crippen molar-refractivity contribution in [2.24, 2.45) is 0 Å². The topological polar surface area (TPSA) is 57.6 Å². The molecule has 0 saturated carbocycles. The molecule has 0 spiro atoms. The number of hydrogen-bond acceptors (Lipinski definition) is 3. The van der Waals surface area contributed by atoms with Gasteiger partial charge in [0.05, 0.1) is 6.42 Å². The first-order chi connectivity index (χ1) is 7.63. The molecule has 0 aromatic carbocycles. The second kappa shape index (κ2) is 6.27. The van der Waals surface area contributed by atoms with E-state index in [0.29, 0.717) is 13.0 Å². The summed E-state index contributed by atoms with van der Waals surface area (Å²) in [7, 11) is 0. The first-order valence-electron chi connectivity index (χ1n) is 5.15. The zero-order valence-electron chi connectivity index (χ0n) is 9.18. The lowest BCUT2D eigenvalue weighted by Gasteiger charge is -2.19. The number of nitrogens with zero attached hydrogens (tertiary/aromatic N) is 1. The first kappa shape index (κ1) is 12.7. The molecule has 1 aromatic heterocycles. The predicted octanol–water partition coefficient (Wildman–Crippen LogP) is 1.61. The lowest BCUT2D eigenvalue weighted by atomic mass is 10.3. The molecule has 0 radical (unpaired) electrons. The Hall–Kier alpha value is -1.36. The highest BCUT2D eigenvalue weighted by molar-refractivity contribution is 7.10. The first-order valence-corrected chi connectivity index (χ1v) is 6.03. The smallest absolute Gasteiger partial charge is 0.323 e. The van der Waals surface area contributed by atoms with Gasteiger partial charge < -0.3 is 10.0 Å². The van der Waals surface area contributed by atoms with Gasteiger partial charge in [-0.1, -0.05) is 13.0 Å². The molecule has 0 bridgehead atoms. The Labute approximate surface area is 98.5 Å². The van der Waals surface area contributed by atoms with E-state index in [1.807, 2.05) is 24.4 Å². The molecule has 0 aliphatic carbocycles. The predicted molar refractivity (Wildman–Crippen MR) is 62.5 cm³/mol. The Morgan fingerprint density at radius 2 is 2.25 bits per heavy atom. The summed E-state index contributed by atoms with van der Waals surface area (Å²) < 4.78 is 0. The molecule has 16 heavy (non-hydrogen) atoms. The van der Waals surface area contributed by atoms with Crippen molar-refractivity contribution in [2.75, 3.05) is 13.1 Å². The molecule has 0 saturated heterocycles. The van der Waals surface area contributed by atoms with Gasteiger partial charge in [-0.05, 0) is 17.9 Å². The van der Waals surface area contributed by atoms with Crippen LogP contribution in [-0.2, 0) is 16.0 Å². The van der Waals surface area contributed by atoms with E-state index in [2.05, 4.69) is 0 Å². The normalized spacial score (nSPS) is 10.1. The molecule has 0 atom stereocenters. The van der Waals surface area contributed by atoms with E-state index in [9.17, 15) is 9.59 Å². The van der Waals surface area contributed by atoms with Gasteiger partial charge in [0.15, 0.2) is 0 Å². The molecule has 0 aliphatic heterocycles. The van der Waals surface area contributed by atoms with Gasteiger partial charge >= 0.3 is 5.97 Å². The van der Waals surface area contributed by atoms with Crippen molar-refractivity contribution in [3.63, 3.8) is 0 Å². The number of amides is 1. The van der Waals surface area contributed by atoms with Crippen LogP contribution in [-0.4, -0.2) is 35.0 Å². The summed E-state index contributed by atoms with van der Waals surface area (Å²) in [6, 6.07) is 3.77. The number of thiophene rings is 1. The van der Waals surface area contributed by atoms with Crippen LogP contribution < -0.4 is 0 Å². The van der Waals surface area contributed by atoms with E-state index in [-0.39, 0.29) is 12.5 Å². The summed E-state index contributed by atoms with van der Waals surface area (Å²) in [6.45, 7) is 2.21. The van der Waals surface area contributed by atoms with Crippen LogP contribution in [0.15, 0.2) is 17.5 Å². The van der Waals surface area contributed by atoms with Crippen molar-refractivity contribution in [1.82, 2.24) is 4.90 Å². The molecule has 1 heterocycles. The largest absolute Gasteiger partial charge is 0.480 e. The van der Waals surface area contributed by atoms with Gasteiger partial charge in [0.1, 0.15) is 6.54 Å². The third-order valence-electron chi connectivity index (χ3n) is 2.08. The van der Waals surface area contributed by atoms with Crippen molar-refractivity contribution >= 4 is 23.2 Å². The Morgan fingerprint density at radius 1 is 1.50 bits per heavy atom. The van der Waals surface area contributed by atoms with E-state index in [4.69, 9.17) is 5.11 Å². The summed E-state index contributed by atoms with van der Waals surface area (Å²) in [5.41, 5.74) is 0. The van der Waals surface area contributed by atoms with Crippen molar-refractivity contribution in [3.05, 3.63) is 22.4 Å². The van der Waals surface area contributed by atoms with Crippen LogP contribution >= 0.6 is 11.3 Å². The Morgan fingerprint density at radius 3 is 2.75 bits per heavy atom. The average Bonchev–Trinajstić information content (AvgIpc) is 2.69. The third kappa shape index (κ3) is 4.02. The van der Waals surface area contributed by atoms with Crippen LogP contribution in [0.25, 0.3) is 0 Å². The molecule has 88 valence electrons. The maximum atomic E-state index is 11.8. The number of carboxylic acids is 1.